The number of nitrogens with two attached hydrogens (primary N) is 1. The summed E-state index contributed by atoms with van der Waals surface area (Å²) in [6.07, 6.45) is 0. The molecule has 3 rings (SSSR count). The Morgan fingerprint density at radius 2 is 1.90 bits per heavy atom. The molecule has 0 radical (unpaired) electrons. The van der Waals surface area contributed by atoms with Gasteiger partial charge in [0.25, 0.3) is 5.91 Å². The second-order valence-electron chi connectivity index (χ2n) is 4.53. The summed E-state index contributed by atoms with van der Waals surface area (Å²) in [5, 5.41) is 7.43. The number of hydrogen-bond acceptors (Lipinski definition) is 4. The van der Waals surface area contributed by atoms with Gasteiger partial charge in [-0.25, -0.2) is 0 Å². The van der Waals surface area contributed by atoms with E-state index in [1.54, 1.807) is 11.3 Å². The molecule has 0 saturated carbocycles. The third kappa shape index (κ3) is 2.99. The molecule has 2 heterocycles. The second-order valence-corrected chi connectivity index (χ2v) is 6.39. The molecule has 0 aliphatic carbocycles. The average Bonchev–Trinajstić information content (AvgIpc) is 3.15. The van der Waals surface area contributed by atoms with Gasteiger partial charge in [0.15, 0.2) is 0 Å². The van der Waals surface area contributed by atoms with Gasteiger partial charge in [0.2, 0.25) is 0 Å². The van der Waals surface area contributed by atoms with Crippen molar-refractivity contribution in [1.82, 2.24) is 5.32 Å². The SMILES string of the molecule is Nc1scc(-c2cccs2)c1C(=O)NCc1ccccc1. The van der Waals surface area contributed by atoms with E-state index in [2.05, 4.69) is 5.32 Å². The van der Waals surface area contributed by atoms with E-state index in [0.717, 1.165) is 16.0 Å². The Kier molecular flexibility index (Phi) is 4.03. The monoisotopic (exact) mass is 314 g/mol. The molecule has 5 heteroatoms. The van der Waals surface area contributed by atoms with Crippen LogP contribution in [-0.2, 0) is 6.54 Å². The Morgan fingerprint density at radius 3 is 2.62 bits per heavy atom. The summed E-state index contributed by atoms with van der Waals surface area (Å²) in [6, 6.07) is 13.8. The highest BCUT2D eigenvalue weighted by Crippen LogP contribution is 2.35. The van der Waals surface area contributed by atoms with Crippen LogP contribution in [0.3, 0.4) is 0 Å². The third-order valence-corrected chi connectivity index (χ3v) is 4.84. The number of nitrogens with one attached hydrogen (secondary N) is 1. The zero-order valence-corrected chi connectivity index (χ0v) is 12.8. The Labute approximate surface area is 131 Å². The van der Waals surface area contributed by atoms with Crippen LogP contribution in [0.25, 0.3) is 10.4 Å². The average molecular weight is 314 g/mol. The number of benzene rings is 1. The van der Waals surface area contributed by atoms with Crippen molar-refractivity contribution in [2.24, 2.45) is 0 Å². The molecule has 106 valence electrons. The molecule has 0 fully saturated rings. The summed E-state index contributed by atoms with van der Waals surface area (Å²) in [5.41, 5.74) is 8.54. The molecule has 3 aromatic rings. The van der Waals surface area contributed by atoms with Crippen molar-refractivity contribution in [2.75, 3.05) is 5.73 Å². The smallest absolute Gasteiger partial charge is 0.255 e. The first kappa shape index (κ1) is 13.9. The first-order chi connectivity index (χ1) is 10.3. The van der Waals surface area contributed by atoms with Crippen LogP contribution in [0.15, 0.2) is 53.2 Å². The maximum Gasteiger partial charge on any atom is 0.255 e. The predicted molar refractivity (Wildman–Crippen MR) is 89.7 cm³/mol. The van der Waals surface area contributed by atoms with Crippen LogP contribution in [0, 0.1) is 0 Å². The summed E-state index contributed by atoms with van der Waals surface area (Å²) in [6.45, 7) is 0.499. The van der Waals surface area contributed by atoms with Gasteiger partial charge in [-0.2, -0.15) is 0 Å². The van der Waals surface area contributed by atoms with Crippen LogP contribution in [0.5, 0.6) is 0 Å². The van der Waals surface area contributed by atoms with Crippen molar-refractivity contribution >= 4 is 33.6 Å². The molecule has 0 saturated heterocycles. The highest BCUT2D eigenvalue weighted by molar-refractivity contribution is 7.16. The lowest BCUT2D eigenvalue weighted by atomic mass is 10.1. The lowest BCUT2D eigenvalue weighted by molar-refractivity contribution is 0.0953. The van der Waals surface area contributed by atoms with Crippen LogP contribution < -0.4 is 11.1 Å². The quantitative estimate of drug-likeness (QED) is 0.765. The van der Waals surface area contributed by atoms with E-state index in [4.69, 9.17) is 5.73 Å². The van der Waals surface area contributed by atoms with Gasteiger partial charge in [-0.3, -0.25) is 4.79 Å². The molecule has 1 aromatic carbocycles. The van der Waals surface area contributed by atoms with E-state index in [1.165, 1.54) is 11.3 Å². The molecule has 3 nitrogen and oxygen atoms in total. The number of nitrogen functional groups attached to an aromatic ring is 1. The van der Waals surface area contributed by atoms with Crippen LogP contribution >= 0.6 is 22.7 Å². The normalized spacial score (nSPS) is 10.5. The van der Waals surface area contributed by atoms with Gasteiger partial charge in [0, 0.05) is 22.4 Å². The van der Waals surface area contributed by atoms with Gasteiger partial charge in [0.1, 0.15) is 0 Å². The number of thiophene rings is 2. The van der Waals surface area contributed by atoms with Gasteiger partial charge >= 0.3 is 0 Å². The standard InChI is InChI=1S/C16H14N2OS2/c17-15-14(12(10-21-15)13-7-4-8-20-13)16(19)18-9-11-5-2-1-3-6-11/h1-8,10H,9,17H2,(H,18,19). The summed E-state index contributed by atoms with van der Waals surface area (Å²) in [5.74, 6) is -0.124. The Balaban J connectivity index is 1.80. The van der Waals surface area contributed by atoms with Crippen molar-refractivity contribution in [3.05, 3.63) is 64.4 Å². The van der Waals surface area contributed by atoms with Crippen molar-refractivity contribution in [3.8, 4) is 10.4 Å². The summed E-state index contributed by atoms with van der Waals surface area (Å²) >= 11 is 3.01. The molecule has 0 bridgehead atoms. The predicted octanol–water partition coefficient (Wildman–Crippen LogP) is 3.99. The molecule has 0 aliphatic rings. The molecule has 21 heavy (non-hydrogen) atoms. The zero-order chi connectivity index (χ0) is 14.7. The van der Waals surface area contributed by atoms with Crippen LogP contribution in [0.1, 0.15) is 15.9 Å². The molecule has 1 amide bonds. The largest absolute Gasteiger partial charge is 0.390 e. The number of carbonyl (C=O) groups is 1. The Morgan fingerprint density at radius 1 is 1.10 bits per heavy atom. The van der Waals surface area contributed by atoms with E-state index in [-0.39, 0.29) is 5.91 Å². The lowest BCUT2D eigenvalue weighted by Gasteiger charge is -2.07. The minimum Gasteiger partial charge on any atom is -0.390 e. The highest BCUT2D eigenvalue weighted by Gasteiger charge is 2.18. The lowest BCUT2D eigenvalue weighted by Crippen LogP contribution is -2.23. The minimum absolute atomic E-state index is 0.124. The number of hydrogen-bond donors (Lipinski definition) is 2. The van der Waals surface area contributed by atoms with E-state index in [1.807, 2.05) is 53.2 Å². The van der Waals surface area contributed by atoms with Crippen LogP contribution in [0.4, 0.5) is 5.00 Å². The van der Waals surface area contributed by atoms with E-state index in [0.29, 0.717) is 17.1 Å². The minimum atomic E-state index is -0.124. The fourth-order valence-electron chi connectivity index (χ4n) is 2.09. The molecule has 2 aromatic heterocycles. The molecule has 0 aliphatic heterocycles. The van der Waals surface area contributed by atoms with E-state index in [9.17, 15) is 4.79 Å². The van der Waals surface area contributed by atoms with Crippen molar-refractivity contribution < 1.29 is 4.79 Å². The molecule has 3 N–H and O–H groups in total. The first-order valence-corrected chi connectivity index (χ1v) is 8.24. The summed E-state index contributed by atoms with van der Waals surface area (Å²) in [4.78, 5) is 13.5. The topological polar surface area (TPSA) is 55.1 Å². The van der Waals surface area contributed by atoms with Gasteiger partial charge < -0.3 is 11.1 Å². The molecular weight excluding hydrogens is 300 g/mol. The van der Waals surface area contributed by atoms with Crippen molar-refractivity contribution in [2.45, 2.75) is 6.54 Å². The maximum absolute atomic E-state index is 12.4. The summed E-state index contributed by atoms with van der Waals surface area (Å²) < 4.78 is 0. The number of amides is 1. The highest BCUT2D eigenvalue weighted by atomic mass is 32.1. The van der Waals surface area contributed by atoms with Crippen LogP contribution in [0.2, 0.25) is 0 Å². The Hall–Kier alpha value is -2.11. The maximum atomic E-state index is 12.4. The molecule has 0 atom stereocenters. The second kappa shape index (κ2) is 6.11. The molecule has 0 unspecified atom stereocenters. The number of carbonyl (C=O) groups excluding carboxylic acids is 1. The van der Waals surface area contributed by atoms with E-state index < -0.39 is 0 Å². The van der Waals surface area contributed by atoms with Gasteiger partial charge in [-0.15, -0.1) is 22.7 Å². The molecule has 0 spiro atoms. The first-order valence-electron chi connectivity index (χ1n) is 6.48. The van der Waals surface area contributed by atoms with Crippen molar-refractivity contribution in [3.63, 3.8) is 0 Å². The van der Waals surface area contributed by atoms with E-state index >= 15 is 0 Å². The Bertz CT molecular complexity index is 733. The fourth-order valence-corrected chi connectivity index (χ4v) is 3.72. The third-order valence-electron chi connectivity index (χ3n) is 3.13. The fraction of sp³-hybridized carbons (Fsp3) is 0.0625. The van der Waals surface area contributed by atoms with Gasteiger partial charge in [-0.1, -0.05) is 36.4 Å². The van der Waals surface area contributed by atoms with Crippen molar-refractivity contribution in [1.29, 1.82) is 0 Å². The summed E-state index contributed by atoms with van der Waals surface area (Å²) in [7, 11) is 0. The number of anilines is 1. The number of rotatable bonds is 4. The molecular formula is C16H14N2OS2. The van der Waals surface area contributed by atoms with Gasteiger partial charge in [-0.05, 0) is 17.0 Å². The van der Waals surface area contributed by atoms with Crippen LogP contribution in [-0.4, -0.2) is 5.91 Å². The van der Waals surface area contributed by atoms with Gasteiger partial charge in [0.05, 0.1) is 10.6 Å². The zero-order valence-electron chi connectivity index (χ0n) is 11.2.